The van der Waals surface area contributed by atoms with Crippen molar-refractivity contribution >= 4 is 0 Å². The SMILES string of the molecule is C=CC(CCCC)(CCCC)C(CCCCCCCC)N(CC)C(C)C. The van der Waals surface area contributed by atoms with Gasteiger partial charge < -0.3 is 0 Å². The summed E-state index contributed by atoms with van der Waals surface area (Å²) in [5.74, 6) is 0. The van der Waals surface area contributed by atoms with E-state index in [0.29, 0.717) is 17.5 Å². The van der Waals surface area contributed by atoms with E-state index in [4.69, 9.17) is 0 Å². The monoisotopic (exact) mass is 365 g/mol. The van der Waals surface area contributed by atoms with Crippen LogP contribution in [0.3, 0.4) is 0 Å². The first-order chi connectivity index (χ1) is 12.5. The lowest BCUT2D eigenvalue weighted by Gasteiger charge is -2.47. The van der Waals surface area contributed by atoms with Crippen LogP contribution in [0.5, 0.6) is 0 Å². The number of hydrogen-bond donors (Lipinski definition) is 0. The maximum atomic E-state index is 4.38. The Labute approximate surface area is 167 Å². The van der Waals surface area contributed by atoms with Gasteiger partial charge in [-0.2, -0.15) is 0 Å². The first kappa shape index (κ1) is 25.7. The van der Waals surface area contributed by atoms with Crippen molar-refractivity contribution in [3.05, 3.63) is 12.7 Å². The summed E-state index contributed by atoms with van der Waals surface area (Å²) in [6.45, 7) is 19.6. The Morgan fingerprint density at radius 1 is 0.769 bits per heavy atom. The predicted molar refractivity (Wildman–Crippen MR) is 121 cm³/mol. The molecule has 0 fully saturated rings. The van der Waals surface area contributed by atoms with Crippen LogP contribution in [0, 0.1) is 5.41 Å². The number of unbranched alkanes of at least 4 members (excludes halogenated alkanes) is 7. The second-order valence-electron chi connectivity index (χ2n) is 8.64. The molecule has 0 amide bonds. The van der Waals surface area contributed by atoms with Gasteiger partial charge >= 0.3 is 0 Å². The molecule has 1 heteroatoms. The summed E-state index contributed by atoms with van der Waals surface area (Å²) in [6.07, 6.45) is 19.9. The molecule has 26 heavy (non-hydrogen) atoms. The van der Waals surface area contributed by atoms with E-state index in [9.17, 15) is 0 Å². The molecule has 0 spiro atoms. The maximum Gasteiger partial charge on any atom is 0.0189 e. The largest absolute Gasteiger partial charge is 0.297 e. The second kappa shape index (κ2) is 15.7. The van der Waals surface area contributed by atoms with Crippen molar-refractivity contribution in [1.29, 1.82) is 0 Å². The first-order valence-electron chi connectivity index (χ1n) is 11.9. The lowest BCUT2D eigenvalue weighted by atomic mass is 9.70. The summed E-state index contributed by atoms with van der Waals surface area (Å²) in [5.41, 5.74) is 0.301. The number of rotatable bonds is 18. The molecule has 0 aromatic heterocycles. The fraction of sp³-hybridized carbons (Fsp3) is 0.920. The Bertz CT molecular complexity index is 312. The van der Waals surface area contributed by atoms with Gasteiger partial charge in [-0.15, -0.1) is 6.58 Å². The van der Waals surface area contributed by atoms with Crippen LogP contribution in [0.15, 0.2) is 12.7 Å². The van der Waals surface area contributed by atoms with Crippen LogP contribution in [-0.4, -0.2) is 23.5 Å². The van der Waals surface area contributed by atoms with Crippen molar-refractivity contribution < 1.29 is 0 Å². The summed E-state index contributed by atoms with van der Waals surface area (Å²) in [6, 6.07) is 1.28. The van der Waals surface area contributed by atoms with Crippen molar-refractivity contribution in [3.63, 3.8) is 0 Å². The lowest BCUT2D eigenvalue weighted by Crippen LogP contribution is -2.50. The molecule has 0 rings (SSSR count). The van der Waals surface area contributed by atoms with Crippen molar-refractivity contribution in [1.82, 2.24) is 4.90 Å². The number of hydrogen-bond acceptors (Lipinski definition) is 1. The molecule has 1 atom stereocenters. The summed E-state index contributed by atoms with van der Waals surface area (Å²) >= 11 is 0. The molecule has 0 heterocycles. The van der Waals surface area contributed by atoms with Crippen LogP contribution in [0.2, 0.25) is 0 Å². The molecule has 0 aromatic rings. The fourth-order valence-electron chi connectivity index (χ4n) is 4.66. The van der Waals surface area contributed by atoms with Gasteiger partial charge in [0.2, 0.25) is 0 Å². The van der Waals surface area contributed by atoms with Crippen molar-refractivity contribution in [2.75, 3.05) is 6.54 Å². The van der Waals surface area contributed by atoms with Crippen LogP contribution in [0.4, 0.5) is 0 Å². The molecule has 0 N–H and O–H groups in total. The highest BCUT2D eigenvalue weighted by Gasteiger charge is 2.38. The zero-order valence-corrected chi connectivity index (χ0v) is 19.3. The first-order valence-corrected chi connectivity index (χ1v) is 11.9. The van der Waals surface area contributed by atoms with Crippen LogP contribution in [-0.2, 0) is 0 Å². The van der Waals surface area contributed by atoms with Gasteiger partial charge in [-0.05, 0) is 39.7 Å². The van der Waals surface area contributed by atoms with Crippen LogP contribution >= 0.6 is 0 Å². The Hall–Kier alpha value is -0.300. The number of nitrogens with zero attached hydrogens (tertiary/aromatic N) is 1. The molecule has 0 aliphatic rings. The third-order valence-electron chi connectivity index (χ3n) is 6.32. The molecular formula is C25H51N. The highest BCUT2D eigenvalue weighted by Crippen LogP contribution is 2.41. The quantitative estimate of drug-likeness (QED) is 0.174. The van der Waals surface area contributed by atoms with E-state index < -0.39 is 0 Å². The normalized spacial score (nSPS) is 13.5. The van der Waals surface area contributed by atoms with E-state index >= 15 is 0 Å². The smallest absolute Gasteiger partial charge is 0.0189 e. The highest BCUT2D eigenvalue weighted by atomic mass is 15.2. The Balaban J connectivity index is 5.26. The summed E-state index contributed by atoms with van der Waals surface area (Å²) < 4.78 is 0. The molecule has 0 saturated heterocycles. The summed E-state index contributed by atoms with van der Waals surface area (Å²) in [5, 5.41) is 0. The van der Waals surface area contributed by atoms with Gasteiger partial charge in [0.25, 0.3) is 0 Å². The van der Waals surface area contributed by atoms with E-state index in [1.807, 2.05) is 0 Å². The zero-order valence-electron chi connectivity index (χ0n) is 19.3. The van der Waals surface area contributed by atoms with Crippen molar-refractivity contribution in [2.45, 2.75) is 137 Å². The average molecular weight is 366 g/mol. The van der Waals surface area contributed by atoms with Crippen LogP contribution < -0.4 is 0 Å². The van der Waals surface area contributed by atoms with Crippen molar-refractivity contribution in [2.24, 2.45) is 5.41 Å². The second-order valence-corrected chi connectivity index (χ2v) is 8.64. The fourth-order valence-corrected chi connectivity index (χ4v) is 4.66. The molecule has 0 saturated carbocycles. The molecular weight excluding hydrogens is 314 g/mol. The molecule has 1 unspecified atom stereocenters. The minimum atomic E-state index is 0.301. The topological polar surface area (TPSA) is 3.24 Å². The van der Waals surface area contributed by atoms with E-state index in [0.717, 1.165) is 6.54 Å². The highest BCUT2D eigenvalue weighted by molar-refractivity contribution is 5.04. The zero-order chi connectivity index (χ0) is 19.8. The van der Waals surface area contributed by atoms with E-state index in [2.05, 4.69) is 59.1 Å². The van der Waals surface area contributed by atoms with Crippen LogP contribution in [0.1, 0.15) is 125 Å². The summed E-state index contributed by atoms with van der Waals surface area (Å²) in [4.78, 5) is 2.78. The molecule has 0 aliphatic heterocycles. The third-order valence-corrected chi connectivity index (χ3v) is 6.32. The van der Waals surface area contributed by atoms with E-state index in [1.54, 1.807) is 0 Å². The lowest BCUT2D eigenvalue weighted by molar-refractivity contribution is 0.0497. The average Bonchev–Trinajstić information content (AvgIpc) is 2.64. The standard InChI is InChI=1S/C25H51N/c1-8-13-16-17-18-19-20-24(26(12-5)23(6)7)25(11-4,21-14-9-2)22-15-10-3/h11,23-24H,4,8-10,12-22H2,1-3,5-7H3. The van der Waals surface area contributed by atoms with Gasteiger partial charge in [-0.3, -0.25) is 4.90 Å². The van der Waals surface area contributed by atoms with E-state index in [1.165, 1.54) is 83.5 Å². The van der Waals surface area contributed by atoms with Gasteiger partial charge in [0, 0.05) is 17.5 Å². The van der Waals surface area contributed by atoms with E-state index in [-0.39, 0.29) is 0 Å². The molecule has 156 valence electrons. The molecule has 0 aromatic carbocycles. The molecule has 0 radical (unpaired) electrons. The molecule has 0 aliphatic carbocycles. The van der Waals surface area contributed by atoms with Crippen LogP contribution in [0.25, 0.3) is 0 Å². The third kappa shape index (κ3) is 9.07. The van der Waals surface area contributed by atoms with Crippen molar-refractivity contribution in [3.8, 4) is 0 Å². The minimum absolute atomic E-state index is 0.301. The summed E-state index contributed by atoms with van der Waals surface area (Å²) in [7, 11) is 0. The van der Waals surface area contributed by atoms with Gasteiger partial charge in [0.1, 0.15) is 0 Å². The molecule has 1 nitrogen and oxygen atoms in total. The van der Waals surface area contributed by atoms with Gasteiger partial charge in [0.15, 0.2) is 0 Å². The van der Waals surface area contributed by atoms with Gasteiger partial charge in [-0.25, -0.2) is 0 Å². The van der Waals surface area contributed by atoms with Gasteiger partial charge in [0.05, 0.1) is 0 Å². The Morgan fingerprint density at radius 2 is 1.27 bits per heavy atom. The van der Waals surface area contributed by atoms with Gasteiger partial charge in [-0.1, -0.05) is 98.0 Å². The minimum Gasteiger partial charge on any atom is -0.297 e. The predicted octanol–water partition coefficient (Wildman–Crippen LogP) is 8.39. The molecule has 0 bridgehead atoms. The Kier molecular flexibility index (Phi) is 15.5. The maximum absolute atomic E-state index is 4.38. The Morgan fingerprint density at radius 3 is 1.69 bits per heavy atom.